The van der Waals surface area contributed by atoms with Crippen molar-refractivity contribution in [2.75, 3.05) is 5.73 Å². The zero-order valence-electron chi connectivity index (χ0n) is 10.5. The van der Waals surface area contributed by atoms with Crippen LogP contribution >= 0.6 is 0 Å². The third kappa shape index (κ3) is 3.54. The Hall–Kier alpha value is -2.37. The first-order valence-electron chi connectivity index (χ1n) is 5.74. The molecule has 0 amide bonds. The van der Waals surface area contributed by atoms with Crippen LogP contribution in [0.4, 0.5) is 10.2 Å². The Labute approximate surface area is 109 Å². The molecule has 0 bridgehead atoms. The number of nitrogen functional groups attached to an aromatic ring is 1. The Morgan fingerprint density at radius 1 is 1.47 bits per heavy atom. The molecule has 2 N–H and O–H groups in total. The SMILES string of the molecule is Cc1cc(F)ccc1COC(=O)Cn1ccc(N)n1. The van der Waals surface area contributed by atoms with Crippen molar-refractivity contribution in [3.05, 3.63) is 47.4 Å². The van der Waals surface area contributed by atoms with Gasteiger partial charge in [0.2, 0.25) is 0 Å². The number of halogens is 1. The van der Waals surface area contributed by atoms with Gasteiger partial charge in [-0.2, -0.15) is 5.10 Å². The maximum Gasteiger partial charge on any atom is 0.328 e. The normalized spacial score (nSPS) is 10.4. The molecule has 2 aromatic rings. The number of hydrogen-bond donors (Lipinski definition) is 1. The van der Waals surface area contributed by atoms with Crippen LogP contribution in [0.3, 0.4) is 0 Å². The average molecular weight is 263 g/mol. The zero-order chi connectivity index (χ0) is 13.8. The molecule has 19 heavy (non-hydrogen) atoms. The van der Waals surface area contributed by atoms with Crippen molar-refractivity contribution in [1.29, 1.82) is 0 Å². The molecule has 0 atom stereocenters. The van der Waals surface area contributed by atoms with Gasteiger partial charge in [0, 0.05) is 6.20 Å². The number of carbonyl (C=O) groups is 1. The Kier molecular flexibility index (Phi) is 3.79. The molecule has 0 saturated carbocycles. The van der Waals surface area contributed by atoms with E-state index in [-0.39, 0.29) is 19.0 Å². The summed E-state index contributed by atoms with van der Waals surface area (Å²) in [6.45, 7) is 1.87. The Balaban J connectivity index is 1.89. The molecule has 0 aliphatic rings. The minimum atomic E-state index is -0.424. The molecule has 2 rings (SSSR count). The minimum absolute atomic E-state index is 0.00254. The van der Waals surface area contributed by atoms with Crippen molar-refractivity contribution in [2.45, 2.75) is 20.1 Å². The third-order valence-corrected chi connectivity index (χ3v) is 2.65. The molecule has 1 aromatic heterocycles. The Morgan fingerprint density at radius 2 is 2.26 bits per heavy atom. The van der Waals surface area contributed by atoms with E-state index < -0.39 is 5.97 Å². The molecular formula is C13H14FN3O2. The lowest BCUT2D eigenvalue weighted by molar-refractivity contribution is -0.145. The number of benzene rings is 1. The molecule has 0 unspecified atom stereocenters. The number of aryl methyl sites for hydroxylation is 1. The first-order chi connectivity index (χ1) is 9.04. The second kappa shape index (κ2) is 5.51. The number of nitrogens with zero attached hydrogens (tertiary/aromatic N) is 2. The zero-order valence-corrected chi connectivity index (χ0v) is 10.5. The van der Waals surface area contributed by atoms with Gasteiger partial charge in [-0.15, -0.1) is 0 Å². The second-order valence-electron chi connectivity index (χ2n) is 4.17. The van der Waals surface area contributed by atoms with Gasteiger partial charge in [0.15, 0.2) is 0 Å². The number of hydrogen-bond acceptors (Lipinski definition) is 4. The largest absolute Gasteiger partial charge is 0.459 e. The number of esters is 1. The van der Waals surface area contributed by atoms with Crippen molar-refractivity contribution in [1.82, 2.24) is 9.78 Å². The monoisotopic (exact) mass is 263 g/mol. The third-order valence-electron chi connectivity index (χ3n) is 2.65. The van der Waals surface area contributed by atoms with Crippen molar-refractivity contribution < 1.29 is 13.9 Å². The van der Waals surface area contributed by atoms with Gasteiger partial charge in [-0.05, 0) is 36.2 Å². The van der Waals surface area contributed by atoms with Crippen LogP contribution < -0.4 is 5.73 Å². The fraction of sp³-hybridized carbons (Fsp3) is 0.231. The minimum Gasteiger partial charge on any atom is -0.459 e. The molecule has 0 fully saturated rings. The molecule has 0 aliphatic heterocycles. The molecule has 0 radical (unpaired) electrons. The van der Waals surface area contributed by atoms with Gasteiger partial charge in [-0.1, -0.05) is 6.07 Å². The van der Waals surface area contributed by atoms with Gasteiger partial charge in [0.05, 0.1) is 0 Å². The van der Waals surface area contributed by atoms with E-state index in [1.54, 1.807) is 25.3 Å². The summed E-state index contributed by atoms with van der Waals surface area (Å²) in [7, 11) is 0. The van der Waals surface area contributed by atoms with Crippen molar-refractivity contribution in [3.8, 4) is 0 Å². The van der Waals surface area contributed by atoms with Crippen LogP contribution in [0.2, 0.25) is 0 Å². The van der Waals surface area contributed by atoms with Crippen LogP contribution in [-0.2, 0) is 22.7 Å². The van der Waals surface area contributed by atoms with E-state index >= 15 is 0 Å². The van der Waals surface area contributed by atoms with E-state index in [4.69, 9.17) is 10.5 Å². The summed E-state index contributed by atoms with van der Waals surface area (Å²) in [5, 5.41) is 3.88. The van der Waals surface area contributed by atoms with Crippen LogP contribution in [-0.4, -0.2) is 15.7 Å². The maximum absolute atomic E-state index is 12.9. The van der Waals surface area contributed by atoms with Crippen molar-refractivity contribution >= 4 is 11.8 Å². The summed E-state index contributed by atoms with van der Waals surface area (Å²) in [6, 6.07) is 5.93. The number of aromatic nitrogens is 2. The molecule has 1 heterocycles. The van der Waals surface area contributed by atoms with E-state index in [2.05, 4.69) is 5.10 Å². The lowest BCUT2D eigenvalue weighted by Gasteiger charge is -2.07. The quantitative estimate of drug-likeness (QED) is 0.852. The summed E-state index contributed by atoms with van der Waals surface area (Å²) in [5.41, 5.74) is 6.95. The Bertz CT molecular complexity index is 595. The Morgan fingerprint density at radius 3 is 2.89 bits per heavy atom. The van der Waals surface area contributed by atoms with Gasteiger partial charge in [0.25, 0.3) is 0 Å². The predicted molar refractivity (Wildman–Crippen MR) is 67.6 cm³/mol. The highest BCUT2D eigenvalue weighted by Crippen LogP contribution is 2.11. The molecule has 1 aromatic carbocycles. The molecule has 0 spiro atoms. The molecule has 5 nitrogen and oxygen atoms in total. The number of nitrogens with two attached hydrogens (primary N) is 1. The molecule has 0 aliphatic carbocycles. The lowest BCUT2D eigenvalue weighted by atomic mass is 10.1. The smallest absolute Gasteiger partial charge is 0.328 e. The average Bonchev–Trinajstić information content (AvgIpc) is 2.73. The summed E-state index contributed by atoms with van der Waals surface area (Å²) < 4.78 is 19.4. The van der Waals surface area contributed by atoms with E-state index in [9.17, 15) is 9.18 Å². The first kappa shape index (κ1) is 13.1. The van der Waals surface area contributed by atoms with Crippen LogP contribution in [0.5, 0.6) is 0 Å². The first-order valence-corrected chi connectivity index (χ1v) is 5.74. The van der Waals surface area contributed by atoms with Gasteiger partial charge in [0.1, 0.15) is 24.8 Å². The summed E-state index contributed by atoms with van der Waals surface area (Å²) >= 11 is 0. The van der Waals surface area contributed by atoms with Crippen molar-refractivity contribution in [2.24, 2.45) is 0 Å². The molecule has 100 valence electrons. The standard InChI is InChI=1S/C13H14FN3O2/c1-9-6-11(14)3-2-10(9)8-19-13(18)7-17-5-4-12(15)16-17/h2-6H,7-8H2,1H3,(H2,15,16). The van der Waals surface area contributed by atoms with Crippen LogP contribution in [0.25, 0.3) is 0 Å². The predicted octanol–water partition coefficient (Wildman–Crippen LogP) is 1.66. The molecular weight excluding hydrogens is 249 g/mol. The van der Waals surface area contributed by atoms with E-state index in [1.807, 2.05) is 0 Å². The summed E-state index contributed by atoms with van der Waals surface area (Å²) in [5.74, 6) is -0.381. The summed E-state index contributed by atoms with van der Waals surface area (Å²) in [6.07, 6.45) is 1.60. The highest BCUT2D eigenvalue weighted by molar-refractivity contribution is 5.69. The van der Waals surface area contributed by atoms with E-state index in [0.29, 0.717) is 5.82 Å². The lowest BCUT2D eigenvalue weighted by Crippen LogP contribution is -2.14. The van der Waals surface area contributed by atoms with Crippen molar-refractivity contribution in [3.63, 3.8) is 0 Å². The van der Waals surface area contributed by atoms with E-state index in [0.717, 1.165) is 11.1 Å². The maximum atomic E-state index is 12.9. The van der Waals surface area contributed by atoms with Crippen LogP contribution in [0.1, 0.15) is 11.1 Å². The topological polar surface area (TPSA) is 70.1 Å². The van der Waals surface area contributed by atoms with Gasteiger partial charge < -0.3 is 10.5 Å². The van der Waals surface area contributed by atoms with Crippen LogP contribution in [0.15, 0.2) is 30.5 Å². The molecule has 0 saturated heterocycles. The van der Waals surface area contributed by atoms with Crippen LogP contribution in [0, 0.1) is 12.7 Å². The second-order valence-corrected chi connectivity index (χ2v) is 4.17. The van der Waals surface area contributed by atoms with Gasteiger partial charge in [-0.3, -0.25) is 9.48 Å². The number of rotatable bonds is 4. The van der Waals surface area contributed by atoms with Gasteiger partial charge in [-0.25, -0.2) is 4.39 Å². The fourth-order valence-electron chi connectivity index (χ4n) is 1.62. The fourth-order valence-corrected chi connectivity index (χ4v) is 1.62. The highest BCUT2D eigenvalue weighted by Gasteiger charge is 2.07. The van der Waals surface area contributed by atoms with Gasteiger partial charge >= 0.3 is 5.97 Å². The number of anilines is 1. The highest BCUT2D eigenvalue weighted by atomic mass is 19.1. The van der Waals surface area contributed by atoms with E-state index in [1.165, 1.54) is 16.8 Å². The summed E-state index contributed by atoms with van der Waals surface area (Å²) in [4.78, 5) is 11.6. The molecule has 6 heteroatoms. The number of carbonyl (C=O) groups excluding carboxylic acids is 1. The number of ether oxygens (including phenoxy) is 1.